The molecule has 1 atom stereocenters. The summed E-state index contributed by atoms with van der Waals surface area (Å²) in [6, 6.07) is 0. The van der Waals surface area contributed by atoms with Gasteiger partial charge in [0, 0.05) is 36.9 Å². The molecular formula is C14H21N3O. The van der Waals surface area contributed by atoms with Crippen LogP contribution in [0.1, 0.15) is 36.9 Å². The highest BCUT2D eigenvalue weighted by Crippen LogP contribution is 2.29. The molecular weight excluding hydrogens is 226 g/mol. The average molecular weight is 247 g/mol. The molecule has 0 saturated carbocycles. The first kappa shape index (κ1) is 11.9. The predicted octanol–water partition coefficient (Wildman–Crippen LogP) is 1.56. The van der Waals surface area contributed by atoms with Crippen LogP contribution in [0.15, 0.2) is 6.33 Å². The zero-order chi connectivity index (χ0) is 12.4. The molecule has 98 valence electrons. The molecule has 1 saturated heterocycles. The van der Waals surface area contributed by atoms with E-state index in [9.17, 15) is 5.11 Å². The molecule has 2 aliphatic rings. The van der Waals surface area contributed by atoms with Crippen LogP contribution < -0.4 is 4.90 Å². The first-order valence-corrected chi connectivity index (χ1v) is 7.07. The van der Waals surface area contributed by atoms with Gasteiger partial charge in [-0.25, -0.2) is 9.97 Å². The summed E-state index contributed by atoms with van der Waals surface area (Å²) in [6.45, 7) is 2.26. The van der Waals surface area contributed by atoms with Gasteiger partial charge in [0.2, 0.25) is 0 Å². The molecule has 0 amide bonds. The van der Waals surface area contributed by atoms with Crippen LogP contribution in [0.3, 0.4) is 0 Å². The van der Waals surface area contributed by atoms with E-state index in [0.717, 1.165) is 38.2 Å². The smallest absolute Gasteiger partial charge is 0.135 e. The molecule has 1 fully saturated rings. The Hall–Kier alpha value is -1.16. The van der Waals surface area contributed by atoms with Crippen molar-refractivity contribution in [1.82, 2.24) is 9.97 Å². The number of hydrogen-bond donors (Lipinski definition) is 1. The van der Waals surface area contributed by atoms with Crippen molar-refractivity contribution in [3.05, 3.63) is 17.6 Å². The second kappa shape index (κ2) is 5.22. The lowest BCUT2D eigenvalue weighted by Crippen LogP contribution is -2.24. The van der Waals surface area contributed by atoms with E-state index in [-0.39, 0.29) is 0 Å². The van der Waals surface area contributed by atoms with Gasteiger partial charge in [-0.1, -0.05) is 6.42 Å². The zero-order valence-electron chi connectivity index (χ0n) is 10.8. The Morgan fingerprint density at radius 1 is 1.22 bits per heavy atom. The second-order valence-electron chi connectivity index (χ2n) is 5.47. The van der Waals surface area contributed by atoms with Crippen LogP contribution in [0.5, 0.6) is 0 Å². The van der Waals surface area contributed by atoms with Gasteiger partial charge in [0.15, 0.2) is 0 Å². The highest BCUT2D eigenvalue weighted by molar-refractivity contribution is 5.50. The number of hydrogen-bond acceptors (Lipinski definition) is 4. The molecule has 1 unspecified atom stereocenters. The lowest BCUT2D eigenvalue weighted by molar-refractivity contribution is 0.238. The maximum Gasteiger partial charge on any atom is 0.135 e. The van der Waals surface area contributed by atoms with E-state index in [0.29, 0.717) is 12.5 Å². The van der Waals surface area contributed by atoms with E-state index >= 15 is 0 Å². The van der Waals surface area contributed by atoms with Crippen LogP contribution >= 0.6 is 0 Å². The molecule has 4 nitrogen and oxygen atoms in total. The molecule has 1 N–H and O–H groups in total. The quantitative estimate of drug-likeness (QED) is 0.806. The molecule has 1 aliphatic heterocycles. The van der Waals surface area contributed by atoms with E-state index in [1.807, 2.05) is 0 Å². The van der Waals surface area contributed by atoms with Crippen LogP contribution in [0.4, 0.5) is 5.82 Å². The van der Waals surface area contributed by atoms with Gasteiger partial charge in [-0.15, -0.1) is 0 Å². The van der Waals surface area contributed by atoms with Gasteiger partial charge in [-0.3, -0.25) is 0 Å². The summed E-state index contributed by atoms with van der Waals surface area (Å²) in [4.78, 5) is 11.3. The van der Waals surface area contributed by atoms with Gasteiger partial charge in [0.25, 0.3) is 0 Å². The minimum Gasteiger partial charge on any atom is -0.396 e. The highest BCUT2D eigenvalue weighted by Gasteiger charge is 2.26. The van der Waals surface area contributed by atoms with Gasteiger partial charge >= 0.3 is 0 Å². The number of aliphatic hydroxyl groups excluding tert-OH is 1. The SMILES string of the molecule is OCC1CCN(c2ncnc3c2CCCCC3)C1. The van der Waals surface area contributed by atoms with Gasteiger partial charge in [0.05, 0.1) is 0 Å². The van der Waals surface area contributed by atoms with Crippen LogP contribution in [-0.4, -0.2) is 34.8 Å². The molecule has 0 spiro atoms. The fourth-order valence-corrected chi connectivity index (χ4v) is 3.13. The molecule has 1 aromatic heterocycles. The van der Waals surface area contributed by atoms with Crippen molar-refractivity contribution in [2.45, 2.75) is 38.5 Å². The number of fused-ring (bicyclic) bond motifs is 1. The minimum absolute atomic E-state index is 0.295. The first-order chi connectivity index (χ1) is 8.88. The van der Waals surface area contributed by atoms with Gasteiger partial charge in [0.1, 0.15) is 12.1 Å². The number of nitrogens with zero attached hydrogens (tertiary/aromatic N) is 3. The molecule has 0 radical (unpaired) electrons. The Balaban J connectivity index is 1.88. The van der Waals surface area contributed by atoms with Crippen molar-refractivity contribution < 1.29 is 5.11 Å². The third-order valence-electron chi connectivity index (χ3n) is 4.20. The van der Waals surface area contributed by atoms with Crippen molar-refractivity contribution in [2.24, 2.45) is 5.92 Å². The maximum atomic E-state index is 9.25. The Kier molecular flexibility index (Phi) is 3.46. The van der Waals surface area contributed by atoms with Crippen LogP contribution in [-0.2, 0) is 12.8 Å². The van der Waals surface area contributed by atoms with Crippen LogP contribution in [0, 0.1) is 5.92 Å². The largest absolute Gasteiger partial charge is 0.396 e. The van der Waals surface area contributed by atoms with E-state index in [1.165, 1.54) is 30.5 Å². The molecule has 18 heavy (non-hydrogen) atoms. The van der Waals surface area contributed by atoms with Crippen molar-refractivity contribution in [2.75, 3.05) is 24.6 Å². The van der Waals surface area contributed by atoms with Gasteiger partial charge < -0.3 is 10.0 Å². The zero-order valence-corrected chi connectivity index (χ0v) is 10.8. The molecule has 1 aromatic rings. The van der Waals surface area contributed by atoms with Gasteiger partial charge in [-0.2, -0.15) is 0 Å². The molecule has 1 aliphatic carbocycles. The summed E-state index contributed by atoms with van der Waals surface area (Å²) in [7, 11) is 0. The fraction of sp³-hybridized carbons (Fsp3) is 0.714. The monoisotopic (exact) mass is 247 g/mol. The van der Waals surface area contributed by atoms with E-state index in [4.69, 9.17) is 0 Å². The van der Waals surface area contributed by atoms with E-state index in [1.54, 1.807) is 6.33 Å². The third-order valence-corrected chi connectivity index (χ3v) is 4.20. The first-order valence-electron chi connectivity index (χ1n) is 7.07. The number of rotatable bonds is 2. The summed E-state index contributed by atoms with van der Waals surface area (Å²) in [6.07, 6.45) is 8.82. The summed E-state index contributed by atoms with van der Waals surface area (Å²) >= 11 is 0. The number of anilines is 1. The summed E-state index contributed by atoms with van der Waals surface area (Å²) < 4.78 is 0. The van der Waals surface area contributed by atoms with Crippen LogP contribution in [0.25, 0.3) is 0 Å². The molecule has 4 heteroatoms. The molecule has 0 aromatic carbocycles. The number of aromatic nitrogens is 2. The van der Waals surface area contributed by atoms with E-state index < -0.39 is 0 Å². The lowest BCUT2D eigenvalue weighted by Gasteiger charge is -2.21. The van der Waals surface area contributed by atoms with Crippen molar-refractivity contribution in [1.29, 1.82) is 0 Å². The van der Waals surface area contributed by atoms with Crippen molar-refractivity contribution in [3.8, 4) is 0 Å². The normalized spacial score (nSPS) is 23.8. The molecule has 3 rings (SSSR count). The number of aliphatic hydroxyl groups is 1. The number of aryl methyl sites for hydroxylation is 1. The third kappa shape index (κ3) is 2.21. The fourth-order valence-electron chi connectivity index (χ4n) is 3.13. The van der Waals surface area contributed by atoms with Crippen molar-refractivity contribution in [3.63, 3.8) is 0 Å². The Morgan fingerprint density at radius 2 is 2.11 bits per heavy atom. The molecule has 2 heterocycles. The maximum absolute atomic E-state index is 9.25. The topological polar surface area (TPSA) is 49.2 Å². The predicted molar refractivity (Wildman–Crippen MR) is 70.7 cm³/mol. The summed E-state index contributed by atoms with van der Waals surface area (Å²) in [5.41, 5.74) is 2.62. The Morgan fingerprint density at radius 3 is 2.94 bits per heavy atom. The standard InChI is InChI=1S/C14H21N3O/c18-9-11-6-7-17(8-11)14-12-4-2-1-3-5-13(12)15-10-16-14/h10-11,18H,1-9H2. The van der Waals surface area contributed by atoms with Crippen LogP contribution in [0.2, 0.25) is 0 Å². The van der Waals surface area contributed by atoms with Gasteiger partial charge in [-0.05, 0) is 32.1 Å². The average Bonchev–Trinajstić information content (AvgIpc) is 2.75. The Labute approximate surface area is 108 Å². The lowest BCUT2D eigenvalue weighted by atomic mass is 10.1. The minimum atomic E-state index is 0.295. The summed E-state index contributed by atoms with van der Waals surface area (Å²) in [5, 5.41) is 9.25. The van der Waals surface area contributed by atoms with Crippen molar-refractivity contribution >= 4 is 5.82 Å². The molecule has 0 bridgehead atoms. The summed E-state index contributed by atoms with van der Waals surface area (Å²) in [5.74, 6) is 1.55. The van der Waals surface area contributed by atoms with E-state index in [2.05, 4.69) is 14.9 Å². The Bertz CT molecular complexity index is 422. The highest BCUT2D eigenvalue weighted by atomic mass is 16.3. The second-order valence-corrected chi connectivity index (χ2v) is 5.47.